The van der Waals surface area contributed by atoms with Crippen LogP contribution in [0.5, 0.6) is 0 Å². The van der Waals surface area contributed by atoms with Crippen LogP contribution in [0.1, 0.15) is 17.0 Å². The minimum atomic E-state index is 0.531. The largest absolute Gasteiger partial charge is 0.245 e. The van der Waals surface area contributed by atoms with Gasteiger partial charge in [0.15, 0.2) is 0 Å². The predicted octanol–water partition coefficient (Wildman–Crippen LogP) is 2.60. The Hall–Kier alpha value is -1.75. The fourth-order valence-corrected chi connectivity index (χ4v) is 1.90. The van der Waals surface area contributed by atoms with Crippen LogP contribution in [0.15, 0.2) is 28.0 Å². The summed E-state index contributed by atoms with van der Waals surface area (Å²) < 4.78 is 0. The Kier molecular flexibility index (Phi) is 3.26. The van der Waals surface area contributed by atoms with Gasteiger partial charge in [-0.25, -0.2) is 15.4 Å². The van der Waals surface area contributed by atoms with Gasteiger partial charge in [-0.2, -0.15) is 16.4 Å². The molecule has 2 aromatic rings. The molecule has 0 aromatic carbocycles. The average molecular weight is 232 g/mol. The fourth-order valence-electron chi connectivity index (χ4n) is 1.29. The van der Waals surface area contributed by atoms with Crippen molar-refractivity contribution >= 4 is 23.5 Å². The third-order valence-electron chi connectivity index (χ3n) is 1.90. The molecule has 0 amide bonds. The Morgan fingerprint density at radius 1 is 1.31 bits per heavy atom. The van der Waals surface area contributed by atoms with Gasteiger partial charge in [0.25, 0.3) is 0 Å². The van der Waals surface area contributed by atoms with E-state index in [4.69, 9.17) is 0 Å². The first-order valence-corrected chi connectivity index (χ1v) is 5.82. The number of aryl methyl sites for hydroxylation is 2. The van der Waals surface area contributed by atoms with Crippen molar-refractivity contribution in [2.24, 2.45) is 5.10 Å². The molecule has 0 saturated heterocycles. The monoisotopic (exact) mass is 232 g/mol. The zero-order valence-electron chi connectivity index (χ0n) is 9.14. The lowest BCUT2D eigenvalue weighted by atomic mass is 10.4. The van der Waals surface area contributed by atoms with Gasteiger partial charge in [-0.3, -0.25) is 0 Å². The van der Waals surface area contributed by atoms with E-state index in [2.05, 4.69) is 20.5 Å². The Morgan fingerprint density at radius 2 is 2.06 bits per heavy atom. The summed E-state index contributed by atoms with van der Waals surface area (Å²) in [6.07, 6.45) is 1.75. The molecule has 2 aromatic heterocycles. The summed E-state index contributed by atoms with van der Waals surface area (Å²) in [6.45, 7) is 3.87. The molecule has 0 spiro atoms. The van der Waals surface area contributed by atoms with Crippen molar-refractivity contribution in [2.75, 3.05) is 5.43 Å². The van der Waals surface area contributed by atoms with E-state index in [0.717, 1.165) is 17.0 Å². The average Bonchev–Trinajstić information content (AvgIpc) is 2.69. The number of hydrogen-bond acceptors (Lipinski definition) is 5. The highest BCUT2D eigenvalue weighted by atomic mass is 32.1. The summed E-state index contributed by atoms with van der Waals surface area (Å²) in [5.74, 6) is 0.531. The van der Waals surface area contributed by atoms with E-state index in [0.29, 0.717) is 5.95 Å². The van der Waals surface area contributed by atoms with Crippen molar-refractivity contribution in [3.05, 3.63) is 39.8 Å². The molecule has 82 valence electrons. The maximum absolute atomic E-state index is 4.22. The van der Waals surface area contributed by atoms with Gasteiger partial charge < -0.3 is 0 Å². The van der Waals surface area contributed by atoms with Crippen molar-refractivity contribution in [2.45, 2.75) is 13.8 Å². The minimum Gasteiger partial charge on any atom is -0.245 e. The molecule has 0 fully saturated rings. The molecule has 0 aliphatic carbocycles. The van der Waals surface area contributed by atoms with E-state index in [1.165, 1.54) is 0 Å². The minimum absolute atomic E-state index is 0.531. The molecule has 0 unspecified atom stereocenters. The van der Waals surface area contributed by atoms with Gasteiger partial charge in [-0.15, -0.1) is 0 Å². The molecule has 2 rings (SSSR count). The Labute approximate surface area is 98.1 Å². The van der Waals surface area contributed by atoms with Crippen LogP contribution in [0.3, 0.4) is 0 Å². The fraction of sp³-hybridized carbons (Fsp3) is 0.182. The van der Waals surface area contributed by atoms with Crippen molar-refractivity contribution < 1.29 is 0 Å². The molecule has 0 aliphatic heterocycles. The second-order valence-corrected chi connectivity index (χ2v) is 4.18. The maximum atomic E-state index is 4.22. The number of thiophene rings is 1. The van der Waals surface area contributed by atoms with Crippen LogP contribution < -0.4 is 5.43 Å². The lowest BCUT2D eigenvalue weighted by molar-refractivity contribution is 1.04. The van der Waals surface area contributed by atoms with Crippen LogP contribution in [0.4, 0.5) is 5.95 Å². The number of hydrazone groups is 1. The Bertz CT molecular complexity index is 470. The van der Waals surface area contributed by atoms with Gasteiger partial charge in [0.2, 0.25) is 5.95 Å². The zero-order valence-corrected chi connectivity index (χ0v) is 9.95. The van der Waals surface area contributed by atoms with Gasteiger partial charge in [0, 0.05) is 17.0 Å². The van der Waals surface area contributed by atoms with Gasteiger partial charge in [0.1, 0.15) is 0 Å². The van der Waals surface area contributed by atoms with Crippen LogP contribution >= 0.6 is 11.3 Å². The third kappa shape index (κ3) is 2.87. The first-order valence-electron chi connectivity index (χ1n) is 4.87. The van der Waals surface area contributed by atoms with E-state index in [1.807, 2.05) is 36.7 Å². The van der Waals surface area contributed by atoms with Gasteiger partial charge in [0.05, 0.1) is 6.21 Å². The summed E-state index contributed by atoms with van der Waals surface area (Å²) >= 11 is 1.64. The van der Waals surface area contributed by atoms with Gasteiger partial charge in [-0.1, -0.05) is 0 Å². The molecule has 0 saturated carbocycles. The van der Waals surface area contributed by atoms with Gasteiger partial charge in [-0.05, 0) is 36.7 Å². The van der Waals surface area contributed by atoms with E-state index >= 15 is 0 Å². The first kappa shape index (κ1) is 10.8. The molecule has 0 radical (unpaired) electrons. The quantitative estimate of drug-likeness (QED) is 0.653. The molecule has 5 heteroatoms. The number of nitrogens with zero attached hydrogens (tertiary/aromatic N) is 3. The molecule has 0 atom stereocenters. The molecule has 0 aliphatic rings. The highest BCUT2D eigenvalue weighted by Gasteiger charge is 1.96. The van der Waals surface area contributed by atoms with E-state index in [9.17, 15) is 0 Å². The SMILES string of the molecule is Cc1cc(C)nc(N/N=C/c2ccsc2)n1. The second kappa shape index (κ2) is 4.85. The Morgan fingerprint density at radius 3 is 2.69 bits per heavy atom. The van der Waals surface area contributed by atoms with Crippen LogP contribution in [0.2, 0.25) is 0 Å². The number of hydrogen-bond donors (Lipinski definition) is 1. The van der Waals surface area contributed by atoms with Crippen LogP contribution in [0, 0.1) is 13.8 Å². The number of rotatable bonds is 3. The maximum Gasteiger partial charge on any atom is 0.243 e. The molecular weight excluding hydrogens is 220 g/mol. The molecule has 4 nitrogen and oxygen atoms in total. The van der Waals surface area contributed by atoms with Gasteiger partial charge >= 0.3 is 0 Å². The highest BCUT2D eigenvalue weighted by Crippen LogP contribution is 2.05. The topological polar surface area (TPSA) is 50.2 Å². The zero-order chi connectivity index (χ0) is 11.4. The number of aromatic nitrogens is 2. The van der Waals surface area contributed by atoms with Crippen LogP contribution in [-0.2, 0) is 0 Å². The summed E-state index contributed by atoms with van der Waals surface area (Å²) in [7, 11) is 0. The van der Waals surface area contributed by atoms with E-state index < -0.39 is 0 Å². The van der Waals surface area contributed by atoms with Crippen molar-refractivity contribution in [1.29, 1.82) is 0 Å². The predicted molar refractivity (Wildman–Crippen MR) is 67.0 cm³/mol. The number of nitrogens with one attached hydrogen (secondary N) is 1. The highest BCUT2D eigenvalue weighted by molar-refractivity contribution is 7.08. The first-order chi connectivity index (χ1) is 7.74. The van der Waals surface area contributed by atoms with Crippen LogP contribution in [-0.4, -0.2) is 16.2 Å². The smallest absolute Gasteiger partial charge is 0.243 e. The molecular formula is C11H12N4S. The summed E-state index contributed by atoms with van der Waals surface area (Å²) in [5, 5.41) is 8.10. The van der Waals surface area contributed by atoms with E-state index in [1.54, 1.807) is 17.6 Å². The lowest BCUT2D eigenvalue weighted by Gasteiger charge is -2.00. The van der Waals surface area contributed by atoms with Crippen molar-refractivity contribution in [3.63, 3.8) is 0 Å². The normalized spacial score (nSPS) is 10.9. The molecule has 16 heavy (non-hydrogen) atoms. The lowest BCUT2D eigenvalue weighted by Crippen LogP contribution is -1.99. The van der Waals surface area contributed by atoms with Crippen molar-refractivity contribution in [3.8, 4) is 0 Å². The summed E-state index contributed by atoms with van der Waals surface area (Å²) in [5.41, 5.74) is 5.75. The molecule has 2 heterocycles. The molecule has 1 N–H and O–H groups in total. The molecule has 0 bridgehead atoms. The standard InChI is InChI=1S/C11H12N4S/c1-8-5-9(2)14-11(13-8)15-12-6-10-3-4-16-7-10/h3-7H,1-2H3,(H,13,14,15)/b12-6+. The third-order valence-corrected chi connectivity index (χ3v) is 2.61. The Balaban J connectivity index is 2.04. The van der Waals surface area contributed by atoms with E-state index in [-0.39, 0.29) is 0 Å². The van der Waals surface area contributed by atoms with Crippen LogP contribution in [0.25, 0.3) is 0 Å². The second-order valence-electron chi connectivity index (χ2n) is 3.40. The number of anilines is 1. The summed E-state index contributed by atoms with van der Waals surface area (Å²) in [4.78, 5) is 8.44. The summed E-state index contributed by atoms with van der Waals surface area (Å²) in [6, 6.07) is 3.92. The van der Waals surface area contributed by atoms with Crippen molar-refractivity contribution in [1.82, 2.24) is 9.97 Å².